The molecule has 0 spiro atoms. The number of ether oxygens (including phenoxy) is 1. The smallest absolute Gasteiger partial charge is 0.320 e. The maximum absolute atomic E-state index is 10.9. The van der Waals surface area contributed by atoms with Crippen LogP contribution in [-0.2, 0) is 9.53 Å². The Morgan fingerprint density at radius 3 is 2.75 bits per heavy atom. The predicted octanol–water partition coefficient (Wildman–Crippen LogP) is -0.136. The highest BCUT2D eigenvalue weighted by Crippen LogP contribution is 1.88. The van der Waals surface area contributed by atoms with E-state index in [0.29, 0.717) is 19.6 Å². The molecule has 0 saturated heterocycles. The third-order valence-electron chi connectivity index (χ3n) is 1.40. The van der Waals surface area contributed by atoms with Gasteiger partial charge >= 0.3 is 5.97 Å². The second-order valence-corrected chi connectivity index (χ2v) is 2.62. The summed E-state index contributed by atoms with van der Waals surface area (Å²) >= 11 is 0. The molecule has 0 atom stereocenters. The second-order valence-electron chi connectivity index (χ2n) is 2.62. The molecule has 12 heavy (non-hydrogen) atoms. The molecule has 0 aromatic heterocycles. The Bertz CT molecular complexity index is 127. The number of likely N-dealkylation sites (N-methyl/N-ethyl adjacent to an activating group) is 1. The van der Waals surface area contributed by atoms with Gasteiger partial charge in [-0.15, -0.1) is 0 Å². The molecule has 0 heterocycles. The number of rotatable bonds is 6. The third kappa shape index (κ3) is 6.12. The van der Waals surface area contributed by atoms with Crippen LogP contribution >= 0.6 is 0 Å². The topological polar surface area (TPSA) is 49.8 Å². The summed E-state index contributed by atoms with van der Waals surface area (Å²) in [4.78, 5) is 12.7. The van der Waals surface area contributed by atoms with Gasteiger partial charge in [0.1, 0.15) is 0 Å². The van der Waals surface area contributed by atoms with Crippen LogP contribution in [0.2, 0.25) is 0 Å². The van der Waals surface area contributed by atoms with E-state index < -0.39 is 0 Å². The predicted molar refractivity (Wildman–Crippen MR) is 45.8 cm³/mol. The quantitative estimate of drug-likeness (QED) is 0.571. The minimum atomic E-state index is -0.210. The highest BCUT2D eigenvalue weighted by atomic mass is 16.5. The van der Waals surface area contributed by atoms with Crippen LogP contribution in [0.4, 0.5) is 0 Å². The van der Waals surface area contributed by atoms with E-state index >= 15 is 0 Å². The van der Waals surface area contributed by atoms with Crippen molar-refractivity contribution < 1.29 is 14.6 Å². The van der Waals surface area contributed by atoms with Gasteiger partial charge in [0, 0.05) is 13.2 Å². The van der Waals surface area contributed by atoms with Gasteiger partial charge in [-0.05, 0) is 20.4 Å². The van der Waals surface area contributed by atoms with Gasteiger partial charge in [0.15, 0.2) is 0 Å². The van der Waals surface area contributed by atoms with E-state index in [1.165, 1.54) is 0 Å². The molecular formula is C8H17NO3. The summed E-state index contributed by atoms with van der Waals surface area (Å²) in [5.74, 6) is -0.210. The van der Waals surface area contributed by atoms with Crippen LogP contribution in [-0.4, -0.2) is 49.3 Å². The molecule has 0 aliphatic heterocycles. The molecule has 0 fully saturated rings. The fourth-order valence-corrected chi connectivity index (χ4v) is 0.847. The molecule has 0 aromatic carbocycles. The lowest BCUT2D eigenvalue weighted by molar-refractivity contribution is -0.144. The number of aliphatic hydroxyl groups excluding tert-OH is 1. The molecule has 4 nitrogen and oxygen atoms in total. The number of carbonyl (C=O) groups is 1. The molecule has 72 valence electrons. The molecule has 0 amide bonds. The normalized spacial score (nSPS) is 10.3. The van der Waals surface area contributed by atoms with E-state index in [9.17, 15) is 4.79 Å². The first-order valence-electron chi connectivity index (χ1n) is 4.15. The van der Waals surface area contributed by atoms with E-state index in [-0.39, 0.29) is 12.6 Å². The van der Waals surface area contributed by atoms with E-state index in [2.05, 4.69) is 0 Å². The van der Waals surface area contributed by atoms with Gasteiger partial charge < -0.3 is 9.84 Å². The van der Waals surface area contributed by atoms with Crippen LogP contribution in [0.1, 0.15) is 13.3 Å². The van der Waals surface area contributed by atoms with Crippen LogP contribution in [0.15, 0.2) is 0 Å². The van der Waals surface area contributed by atoms with Crippen molar-refractivity contribution >= 4 is 5.97 Å². The van der Waals surface area contributed by atoms with Crippen molar-refractivity contribution in [3.8, 4) is 0 Å². The summed E-state index contributed by atoms with van der Waals surface area (Å²) in [6, 6.07) is 0. The molecule has 0 radical (unpaired) electrons. The van der Waals surface area contributed by atoms with Gasteiger partial charge in [-0.3, -0.25) is 9.69 Å². The Morgan fingerprint density at radius 1 is 1.58 bits per heavy atom. The van der Waals surface area contributed by atoms with Gasteiger partial charge in [-0.2, -0.15) is 0 Å². The Morgan fingerprint density at radius 2 is 2.25 bits per heavy atom. The molecule has 0 aliphatic carbocycles. The van der Waals surface area contributed by atoms with Gasteiger partial charge in [0.25, 0.3) is 0 Å². The van der Waals surface area contributed by atoms with Crippen molar-refractivity contribution in [2.24, 2.45) is 0 Å². The largest absolute Gasteiger partial charge is 0.465 e. The minimum absolute atomic E-state index is 0.160. The summed E-state index contributed by atoms with van der Waals surface area (Å²) in [7, 11) is 1.83. The SMILES string of the molecule is CCOC(=O)CN(C)CCCO. The first kappa shape index (κ1) is 11.4. The first-order chi connectivity index (χ1) is 5.70. The van der Waals surface area contributed by atoms with Gasteiger partial charge in [-0.25, -0.2) is 0 Å². The summed E-state index contributed by atoms with van der Waals surface area (Å²) < 4.78 is 4.75. The minimum Gasteiger partial charge on any atom is -0.465 e. The van der Waals surface area contributed by atoms with Crippen molar-refractivity contribution in [1.29, 1.82) is 0 Å². The monoisotopic (exact) mass is 175 g/mol. The number of nitrogens with zero attached hydrogens (tertiary/aromatic N) is 1. The van der Waals surface area contributed by atoms with Crippen LogP contribution in [0.3, 0.4) is 0 Å². The molecule has 0 aliphatic rings. The van der Waals surface area contributed by atoms with Crippen molar-refractivity contribution in [1.82, 2.24) is 4.90 Å². The van der Waals surface area contributed by atoms with Crippen LogP contribution in [0.5, 0.6) is 0 Å². The molecule has 0 unspecified atom stereocenters. The molecule has 4 heteroatoms. The van der Waals surface area contributed by atoms with E-state index in [0.717, 1.165) is 6.54 Å². The van der Waals surface area contributed by atoms with E-state index in [1.807, 2.05) is 11.9 Å². The molecule has 0 bridgehead atoms. The number of esters is 1. The summed E-state index contributed by atoms with van der Waals surface area (Å²) in [5.41, 5.74) is 0. The lowest BCUT2D eigenvalue weighted by Gasteiger charge is -2.14. The second kappa shape index (κ2) is 7.06. The van der Waals surface area contributed by atoms with Gasteiger partial charge in [0.05, 0.1) is 13.2 Å². The molecular weight excluding hydrogens is 158 g/mol. The summed E-state index contributed by atoms with van der Waals surface area (Å²) in [5, 5.41) is 8.51. The highest BCUT2D eigenvalue weighted by Gasteiger charge is 2.05. The molecule has 1 N–H and O–H groups in total. The Labute approximate surface area is 73.1 Å². The molecule has 0 rings (SSSR count). The van der Waals surface area contributed by atoms with Gasteiger partial charge in [0.2, 0.25) is 0 Å². The zero-order valence-electron chi connectivity index (χ0n) is 7.75. The average molecular weight is 175 g/mol. The Balaban J connectivity index is 3.40. The van der Waals surface area contributed by atoms with Gasteiger partial charge in [-0.1, -0.05) is 0 Å². The van der Waals surface area contributed by atoms with Crippen molar-refractivity contribution in [2.45, 2.75) is 13.3 Å². The standard InChI is InChI=1S/C8H17NO3/c1-3-12-8(11)7-9(2)5-4-6-10/h10H,3-7H2,1-2H3. The lowest BCUT2D eigenvalue weighted by atomic mass is 10.4. The Kier molecular flexibility index (Phi) is 6.70. The first-order valence-corrected chi connectivity index (χ1v) is 4.15. The fourth-order valence-electron chi connectivity index (χ4n) is 0.847. The zero-order valence-corrected chi connectivity index (χ0v) is 7.75. The molecule has 0 aromatic rings. The number of aliphatic hydroxyl groups is 1. The zero-order chi connectivity index (χ0) is 9.40. The number of hydrogen-bond donors (Lipinski definition) is 1. The number of carbonyl (C=O) groups excluding carboxylic acids is 1. The van der Waals surface area contributed by atoms with Crippen LogP contribution in [0, 0.1) is 0 Å². The fraction of sp³-hybridized carbons (Fsp3) is 0.875. The number of hydrogen-bond acceptors (Lipinski definition) is 4. The maximum atomic E-state index is 10.9. The third-order valence-corrected chi connectivity index (χ3v) is 1.40. The maximum Gasteiger partial charge on any atom is 0.320 e. The lowest BCUT2D eigenvalue weighted by Crippen LogP contribution is -2.28. The van der Waals surface area contributed by atoms with E-state index in [1.54, 1.807) is 6.92 Å². The Hall–Kier alpha value is -0.610. The van der Waals surface area contributed by atoms with Crippen molar-refractivity contribution in [3.05, 3.63) is 0 Å². The van der Waals surface area contributed by atoms with Crippen LogP contribution in [0.25, 0.3) is 0 Å². The average Bonchev–Trinajstić information content (AvgIpc) is 2.01. The highest BCUT2D eigenvalue weighted by molar-refractivity contribution is 5.71. The van der Waals surface area contributed by atoms with E-state index in [4.69, 9.17) is 9.84 Å². The summed E-state index contributed by atoms with van der Waals surface area (Å²) in [6.07, 6.45) is 0.690. The van der Waals surface area contributed by atoms with Crippen molar-refractivity contribution in [2.75, 3.05) is 33.4 Å². The van der Waals surface area contributed by atoms with Crippen molar-refractivity contribution in [3.63, 3.8) is 0 Å². The summed E-state index contributed by atoms with van der Waals surface area (Å²) in [6.45, 7) is 3.38. The molecule has 0 saturated carbocycles. The van der Waals surface area contributed by atoms with Crippen LogP contribution < -0.4 is 0 Å².